The number of hydrogen-bond donors (Lipinski definition) is 1. The summed E-state index contributed by atoms with van der Waals surface area (Å²) in [6, 6.07) is 4.64. The lowest BCUT2D eigenvalue weighted by Crippen LogP contribution is -2.32. The van der Waals surface area contributed by atoms with Crippen LogP contribution in [0.1, 0.15) is 24.1 Å². The largest absolute Gasteiger partial charge is 0.309 e. The van der Waals surface area contributed by atoms with E-state index in [0.29, 0.717) is 12.0 Å². The van der Waals surface area contributed by atoms with Crippen molar-refractivity contribution in [2.45, 2.75) is 31.8 Å². The normalized spacial score (nSPS) is 26.0. The van der Waals surface area contributed by atoms with Crippen LogP contribution in [0.3, 0.4) is 0 Å². The van der Waals surface area contributed by atoms with Gasteiger partial charge in [0.05, 0.1) is 4.34 Å². The summed E-state index contributed by atoms with van der Waals surface area (Å²) in [5.74, 6) is 1.44. The minimum Gasteiger partial charge on any atom is -0.309 e. The molecule has 2 unspecified atom stereocenters. The third-order valence-corrected chi connectivity index (χ3v) is 4.65. The van der Waals surface area contributed by atoms with Gasteiger partial charge < -0.3 is 5.32 Å². The molecular weight excluding hydrogens is 249 g/mol. The Morgan fingerprint density at radius 1 is 1.40 bits per heavy atom. The average Bonchev–Trinajstić information content (AvgIpc) is 2.83. The van der Waals surface area contributed by atoms with Gasteiger partial charge in [-0.25, -0.2) is 0 Å². The number of halogens is 2. The molecule has 1 aliphatic carbocycles. The number of nitrogens with one attached hydrogen (secondary N) is 1. The number of thiophene rings is 1. The van der Waals surface area contributed by atoms with Crippen LogP contribution in [-0.4, -0.2) is 11.9 Å². The summed E-state index contributed by atoms with van der Waals surface area (Å²) in [6.07, 6.45) is 3.84. The first kappa shape index (κ1) is 11.7. The minimum atomic E-state index is 0.600. The fraction of sp³-hybridized carbons (Fsp3) is 0.636. The Labute approximate surface area is 105 Å². The molecule has 0 saturated heterocycles. The van der Waals surface area contributed by atoms with E-state index < -0.39 is 0 Å². The molecule has 0 radical (unpaired) electrons. The van der Waals surface area contributed by atoms with E-state index in [1.165, 1.54) is 24.1 Å². The molecule has 1 N–H and O–H groups in total. The van der Waals surface area contributed by atoms with Crippen molar-refractivity contribution >= 4 is 34.5 Å². The van der Waals surface area contributed by atoms with Crippen LogP contribution in [-0.2, 0) is 6.54 Å². The topological polar surface area (TPSA) is 12.0 Å². The van der Waals surface area contributed by atoms with Crippen molar-refractivity contribution in [3.8, 4) is 0 Å². The van der Waals surface area contributed by atoms with E-state index >= 15 is 0 Å². The second-order valence-corrected chi connectivity index (χ2v) is 6.15. The monoisotopic (exact) mass is 263 g/mol. The van der Waals surface area contributed by atoms with Crippen molar-refractivity contribution in [2.24, 2.45) is 5.92 Å². The highest BCUT2D eigenvalue weighted by Crippen LogP contribution is 2.27. The standard InChI is InChI=1S/C11H15Cl2NS/c12-6-8-2-1-3-10(8)14-7-9-4-5-11(13)15-9/h4-5,8,10,14H,1-3,6-7H2. The molecule has 0 spiro atoms. The Morgan fingerprint density at radius 2 is 2.27 bits per heavy atom. The maximum absolute atomic E-state index is 5.93. The number of alkyl halides is 1. The zero-order valence-corrected chi connectivity index (χ0v) is 10.8. The van der Waals surface area contributed by atoms with Crippen LogP contribution in [0, 0.1) is 5.92 Å². The fourth-order valence-electron chi connectivity index (χ4n) is 2.17. The molecule has 2 rings (SSSR count). The lowest BCUT2D eigenvalue weighted by Gasteiger charge is -2.18. The SMILES string of the molecule is ClCC1CCCC1NCc1ccc(Cl)s1. The molecule has 2 atom stereocenters. The fourth-order valence-corrected chi connectivity index (χ4v) is 3.58. The first-order valence-corrected chi connectivity index (χ1v) is 7.06. The molecular formula is C11H15Cl2NS. The molecule has 1 saturated carbocycles. The molecule has 15 heavy (non-hydrogen) atoms. The molecule has 1 aromatic rings. The van der Waals surface area contributed by atoms with Crippen LogP contribution < -0.4 is 5.32 Å². The van der Waals surface area contributed by atoms with E-state index in [9.17, 15) is 0 Å². The molecule has 84 valence electrons. The average molecular weight is 264 g/mol. The molecule has 0 aliphatic heterocycles. The summed E-state index contributed by atoms with van der Waals surface area (Å²) >= 11 is 13.5. The molecule has 1 heterocycles. The number of rotatable bonds is 4. The van der Waals surface area contributed by atoms with Crippen molar-refractivity contribution in [1.29, 1.82) is 0 Å². The van der Waals surface area contributed by atoms with Gasteiger partial charge in [-0.15, -0.1) is 22.9 Å². The molecule has 4 heteroatoms. The molecule has 0 amide bonds. The van der Waals surface area contributed by atoms with E-state index in [4.69, 9.17) is 23.2 Å². The smallest absolute Gasteiger partial charge is 0.0931 e. The third-order valence-electron chi connectivity index (χ3n) is 3.02. The van der Waals surface area contributed by atoms with Crippen LogP contribution in [0.4, 0.5) is 0 Å². The maximum atomic E-state index is 5.93. The molecule has 1 aromatic heterocycles. The summed E-state index contributed by atoms with van der Waals surface area (Å²) in [7, 11) is 0. The zero-order valence-electron chi connectivity index (χ0n) is 8.51. The Bertz CT molecular complexity index is 313. The maximum Gasteiger partial charge on any atom is 0.0931 e. The lowest BCUT2D eigenvalue weighted by molar-refractivity contribution is 0.431. The van der Waals surface area contributed by atoms with E-state index in [1.54, 1.807) is 11.3 Å². The molecule has 1 aliphatic rings. The van der Waals surface area contributed by atoms with Crippen LogP contribution in [0.25, 0.3) is 0 Å². The third kappa shape index (κ3) is 3.10. The summed E-state index contributed by atoms with van der Waals surface area (Å²) in [5, 5.41) is 3.58. The van der Waals surface area contributed by atoms with Crippen LogP contribution in [0.2, 0.25) is 4.34 Å². The van der Waals surface area contributed by atoms with Gasteiger partial charge in [-0.2, -0.15) is 0 Å². The molecule has 1 fully saturated rings. The van der Waals surface area contributed by atoms with Gasteiger partial charge in [0.25, 0.3) is 0 Å². The molecule has 0 bridgehead atoms. The Balaban J connectivity index is 1.82. The van der Waals surface area contributed by atoms with Gasteiger partial charge in [0.2, 0.25) is 0 Å². The van der Waals surface area contributed by atoms with Gasteiger partial charge in [0.1, 0.15) is 0 Å². The van der Waals surface area contributed by atoms with Crippen LogP contribution >= 0.6 is 34.5 Å². The Kier molecular flexibility index (Phi) is 4.32. The predicted molar refractivity (Wildman–Crippen MR) is 68.0 cm³/mol. The van der Waals surface area contributed by atoms with E-state index in [0.717, 1.165) is 16.8 Å². The second-order valence-electron chi connectivity index (χ2n) is 4.04. The van der Waals surface area contributed by atoms with E-state index in [1.807, 2.05) is 6.07 Å². The van der Waals surface area contributed by atoms with Crippen molar-refractivity contribution in [2.75, 3.05) is 5.88 Å². The van der Waals surface area contributed by atoms with Crippen molar-refractivity contribution in [3.63, 3.8) is 0 Å². The quantitative estimate of drug-likeness (QED) is 0.813. The summed E-state index contributed by atoms with van der Waals surface area (Å²) in [4.78, 5) is 1.31. The van der Waals surface area contributed by atoms with Gasteiger partial charge in [-0.1, -0.05) is 18.0 Å². The number of hydrogen-bond acceptors (Lipinski definition) is 2. The van der Waals surface area contributed by atoms with Gasteiger partial charge in [-0.3, -0.25) is 0 Å². The van der Waals surface area contributed by atoms with Gasteiger partial charge in [0.15, 0.2) is 0 Å². The Morgan fingerprint density at radius 3 is 2.93 bits per heavy atom. The predicted octanol–water partition coefficient (Wildman–Crippen LogP) is 3.90. The lowest BCUT2D eigenvalue weighted by atomic mass is 10.1. The van der Waals surface area contributed by atoms with Gasteiger partial charge >= 0.3 is 0 Å². The molecule has 0 aromatic carbocycles. The Hall–Kier alpha value is 0.240. The summed E-state index contributed by atoms with van der Waals surface area (Å²) in [6.45, 7) is 0.926. The summed E-state index contributed by atoms with van der Waals surface area (Å²) < 4.78 is 0.868. The van der Waals surface area contributed by atoms with Crippen LogP contribution in [0.15, 0.2) is 12.1 Å². The first-order valence-electron chi connectivity index (χ1n) is 5.33. The highest BCUT2D eigenvalue weighted by molar-refractivity contribution is 7.16. The molecule has 1 nitrogen and oxygen atoms in total. The van der Waals surface area contributed by atoms with Crippen molar-refractivity contribution < 1.29 is 0 Å². The highest BCUT2D eigenvalue weighted by atomic mass is 35.5. The minimum absolute atomic E-state index is 0.600. The van der Waals surface area contributed by atoms with Gasteiger partial charge in [0, 0.05) is 23.3 Å². The van der Waals surface area contributed by atoms with Crippen molar-refractivity contribution in [1.82, 2.24) is 5.32 Å². The second kappa shape index (κ2) is 5.53. The van der Waals surface area contributed by atoms with Crippen LogP contribution in [0.5, 0.6) is 0 Å². The zero-order chi connectivity index (χ0) is 10.7. The van der Waals surface area contributed by atoms with Gasteiger partial charge in [-0.05, 0) is 30.9 Å². The summed E-state index contributed by atoms with van der Waals surface area (Å²) in [5.41, 5.74) is 0. The van der Waals surface area contributed by atoms with Crippen molar-refractivity contribution in [3.05, 3.63) is 21.3 Å². The first-order chi connectivity index (χ1) is 7.29. The highest BCUT2D eigenvalue weighted by Gasteiger charge is 2.25. The van der Waals surface area contributed by atoms with E-state index in [-0.39, 0.29) is 0 Å². The van der Waals surface area contributed by atoms with E-state index in [2.05, 4.69) is 11.4 Å².